The minimum absolute atomic E-state index is 0.00195. The highest BCUT2D eigenvalue weighted by Gasteiger charge is 2.40. The van der Waals surface area contributed by atoms with Gasteiger partial charge in [0, 0.05) is 41.3 Å². The second kappa shape index (κ2) is 6.89. The van der Waals surface area contributed by atoms with E-state index in [4.69, 9.17) is 0 Å². The van der Waals surface area contributed by atoms with Crippen molar-refractivity contribution < 1.29 is 0 Å². The lowest BCUT2D eigenvalue weighted by Gasteiger charge is -2.30. The van der Waals surface area contributed by atoms with Crippen LogP contribution < -0.4 is 0 Å². The van der Waals surface area contributed by atoms with Gasteiger partial charge in [-0.05, 0) is 58.4 Å². The third-order valence-corrected chi connectivity index (χ3v) is 6.36. The van der Waals surface area contributed by atoms with Crippen LogP contribution in [0.25, 0.3) is 33.4 Å². The highest BCUT2D eigenvalue weighted by atomic mass is 14.8. The molecule has 0 bridgehead atoms. The number of rotatable bonds is 4. The number of aromatic nitrogens is 4. The first-order valence-electron chi connectivity index (χ1n) is 10.1. The first-order valence-corrected chi connectivity index (χ1v) is 10.1. The van der Waals surface area contributed by atoms with Crippen LogP contribution in [-0.4, -0.2) is 19.9 Å². The van der Waals surface area contributed by atoms with Crippen LogP contribution in [0.2, 0.25) is 0 Å². The van der Waals surface area contributed by atoms with E-state index in [9.17, 15) is 0 Å². The van der Waals surface area contributed by atoms with E-state index in [1.54, 1.807) is 12.7 Å². The van der Waals surface area contributed by atoms with Crippen LogP contribution in [-0.2, 0) is 5.41 Å². The molecule has 4 aromatic rings. The summed E-state index contributed by atoms with van der Waals surface area (Å²) in [5.41, 5.74) is 9.91. The first kappa shape index (κ1) is 17.7. The quantitative estimate of drug-likeness (QED) is 0.458. The molecule has 4 nitrogen and oxygen atoms in total. The first-order chi connectivity index (χ1) is 14.3. The number of nitrogens with zero attached hydrogens (tertiary/aromatic N) is 4. The van der Waals surface area contributed by atoms with E-state index in [2.05, 4.69) is 70.2 Å². The zero-order chi connectivity index (χ0) is 19.8. The van der Waals surface area contributed by atoms with Gasteiger partial charge < -0.3 is 0 Å². The van der Waals surface area contributed by atoms with Gasteiger partial charge in [-0.2, -0.15) is 0 Å². The molecule has 1 aliphatic carbocycles. The Balaban J connectivity index is 1.71. The summed E-state index contributed by atoms with van der Waals surface area (Å²) >= 11 is 0. The van der Waals surface area contributed by atoms with Gasteiger partial charge in [-0.25, -0.2) is 19.9 Å². The molecule has 0 radical (unpaired) electrons. The number of hydrogen-bond acceptors (Lipinski definition) is 4. The summed E-state index contributed by atoms with van der Waals surface area (Å²) in [6, 6.07) is 13.6. The molecule has 0 atom stereocenters. The molecule has 4 heteroatoms. The Morgan fingerprint density at radius 2 is 1.00 bits per heavy atom. The van der Waals surface area contributed by atoms with E-state index >= 15 is 0 Å². The molecule has 2 heterocycles. The predicted molar refractivity (Wildman–Crippen MR) is 115 cm³/mol. The summed E-state index contributed by atoms with van der Waals surface area (Å²) in [6.45, 7) is 4.58. The van der Waals surface area contributed by atoms with Crippen LogP contribution in [0, 0.1) is 0 Å². The smallest absolute Gasteiger partial charge is 0.115 e. The van der Waals surface area contributed by atoms with Crippen molar-refractivity contribution in [1.29, 1.82) is 0 Å². The molecule has 0 saturated heterocycles. The highest BCUT2D eigenvalue weighted by molar-refractivity contribution is 5.85. The fourth-order valence-corrected chi connectivity index (χ4v) is 4.76. The van der Waals surface area contributed by atoms with Crippen LogP contribution in [0.15, 0.2) is 73.8 Å². The molecule has 5 rings (SSSR count). The maximum absolute atomic E-state index is 4.19. The molecule has 0 saturated carbocycles. The van der Waals surface area contributed by atoms with Crippen molar-refractivity contribution in [2.75, 3.05) is 0 Å². The second-order valence-corrected chi connectivity index (χ2v) is 7.56. The van der Waals surface area contributed by atoms with E-state index in [0.717, 1.165) is 24.0 Å². The summed E-state index contributed by atoms with van der Waals surface area (Å²) < 4.78 is 0. The summed E-state index contributed by atoms with van der Waals surface area (Å²) in [5, 5.41) is 0. The van der Waals surface area contributed by atoms with Crippen LogP contribution in [0.4, 0.5) is 0 Å². The Bertz CT molecular complexity index is 1080. The maximum atomic E-state index is 4.19. The fourth-order valence-electron chi connectivity index (χ4n) is 4.76. The topological polar surface area (TPSA) is 51.6 Å². The zero-order valence-electron chi connectivity index (χ0n) is 16.6. The van der Waals surface area contributed by atoms with Gasteiger partial charge in [0.2, 0.25) is 0 Å². The lowest BCUT2D eigenvalue weighted by atomic mass is 9.73. The van der Waals surface area contributed by atoms with E-state index < -0.39 is 0 Å². The van der Waals surface area contributed by atoms with Crippen molar-refractivity contribution in [3.05, 3.63) is 85.0 Å². The lowest BCUT2D eigenvalue weighted by molar-refractivity contribution is 0.491. The Kier molecular flexibility index (Phi) is 4.20. The third-order valence-electron chi connectivity index (χ3n) is 6.36. The van der Waals surface area contributed by atoms with Crippen LogP contribution in [0.3, 0.4) is 0 Å². The molecule has 0 aliphatic heterocycles. The van der Waals surface area contributed by atoms with Crippen LogP contribution >= 0.6 is 0 Å². The molecule has 0 unspecified atom stereocenters. The molecule has 0 amide bonds. The largest absolute Gasteiger partial charge is 0.244 e. The Hall–Kier alpha value is -3.40. The summed E-state index contributed by atoms with van der Waals surface area (Å²) in [7, 11) is 0. The SMILES string of the molecule is CCC1(CC)c2cc(-c3cncnc3)ccc2-c2ccc(-c3cncnc3)cc21. The van der Waals surface area contributed by atoms with Gasteiger partial charge in [-0.15, -0.1) is 0 Å². The van der Waals surface area contributed by atoms with Crippen LogP contribution in [0.5, 0.6) is 0 Å². The minimum atomic E-state index is 0.00195. The van der Waals surface area contributed by atoms with Gasteiger partial charge >= 0.3 is 0 Å². The number of hydrogen-bond donors (Lipinski definition) is 0. The van der Waals surface area contributed by atoms with Crippen molar-refractivity contribution in [2.24, 2.45) is 0 Å². The van der Waals surface area contributed by atoms with Gasteiger partial charge in [-0.1, -0.05) is 38.1 Å². The number of benzene rings is 2. The average Bonchev–Trinajstić information content (AvgIpc) is 3.09. The van der Waals surface area contributed by atoms with Gasteiger partial charge in [0.15, 0.2) is 0 Å². The Morgan fingerprint density at radius 1 is 0.586 bits per heavy atom. The molecule has 1 aliphatic rings. The molecule has 29 heavy (non-hydrogen) atoms. The van der Waals surface area contributed by atoms with Crippen molar-refractivity contribution >= 4 is 0 Å². The van der Waals surface area contributed by atoms with E-state index in [-0.39, 0.29) is 5.41 Å². The molecule has 0 spiro atoms. The highest BCUT2D eigenvalue weighted by Crippen LogP contribution is 2.54. The standard InChI is InChI=1S/C25H22N4/c1-3-25(4-2)23-9-17(19-11-26-15-27-12-19)5-7-21(23)22-8-6-18(10-24(22)25)20-13-28-16-29-14-20/h5-16H,3-4H2,1-2H3. The molecule has 0 N–H and O–H groups in total. The maximum Gasteiger partial charge on any atom is 0.115 e. The molecular weight excluding hydrogens is 356 g/mol. The van der Waals surface area contributed by atoms with E-state index in [1.165, 1.54) is 33.4 Å². The second-order valence-electron chi connectivity index (χ2n) is 7.56. The minimum Gasteiger partial charge on any atom is -0.244 e. The average molecular weight is 378 g/mol. The van der Waals surface area contributed by atoms with E-state index in [0.29, 0.717) is 0 Å². The Labute approximate surface area is 170 Å². The van der Waals surface area contributed by atoms with Gasteiger partial charge in [0.05, 0.1) is 0 Å². The van der Waals surface area contributed by atoms with Gasteiger partial charge in [0.1, 0.15) is 12.7 Å². The van der Waals surface area contributed by atoms with Crippen LogP contribution in [0.1, 0.15) is 37.8 Å². The summed E-state index contributed by atoms with van der Waals surface area (Å²) in [4.78, 5) is 16.8. The van der Waals surface area contributed by atoms with Gasteiger partial charge in [0.25, 0.3) is 0 Å². The monoisotopic (exact) mass is 378 g/mol. The van der Waals surface area contributed by atoms with Crippen molar-refractivity contribution in [2.45, 2.75) is 32.1 Å². The summed E-state index contributed by atoms with van der Waals surface area (Å²) in [6.07, 6.45) is 12.8. The normalized spacial score (nSPS) is 13.7. The molecular formula is C25H22N4. The zero-order valence-corrected chi connectivity index (χ0v) is 16.6. The molecule has 2 aromatic carbocycles. The van der Waals surface area contributed by atoms with Crippen molar-refractivity contribution in [3.8, 4) is 33.4 Å². The van der Waals surface area contributed by atoms with E-state index in [1.807, 2.05) is 24.8 Å². The number of fused-ring (bicyclic) bond motifs is 3. The third kappa shape index (κ3) is 2.67. The predicted octanol–water partition coefficient (Wildman–Crippen LogP) is 5.69. The lowest BCUT2D eigenvalue weighted by Crippen LogP contribution is -2.23. The fraction of sp³-hybridized carbons (Fsp3) is 0.200. The van der Waals surface area contributed by atoms with Gasteiger partial charge in [-0.3, -0.25) is 0 Å². The Morgan fingerprint density at radius 3 is 1.38 bits per heavy atom. The summed E-state index contributed by atoms with van der Waals surface area (Å²) in [5.74, 6) is 0. The molecule has 2 aromatic heterocycles. The molecule has 0 fully saturated rings. The van der Waals surface area contributed by atoms with Crippen molar-refractivity contribution in [1.82, 2.24) is 19.9 Å². The van der Waals surface area contributed by atoms with Crippen molar-refractivity contribution in [3.63, 3.8) is 0 Å². The molecule has 142 valence electrons.